The zero-order valence-corrected chi connectivity index (χ0v) is 16.2. The number of aromatic nitrogens is 3. The Morgan fingerprint density at radius 3 is 2.89 bits per heavy atom. The molecule has 3 aliphatic rings. The van der Waals surface area contributed by atoms with E-state index < -0.39 is 0 Å². The number of pyridine rings is 1. The summed E-state index contributed by atoms with van der Waals surface area (Å²) in [6.45, 7) is 4.18. The summed E-state index contributed by atoms with van der Waals surface area (Å²) in [6, 6.07) is 5.89. The summed E-state index contributed by atoms with van der Waals surface area (Å²) in [6.07, 6.45) is 8.07. The molecule has 2 saturated heterocycles. The summed E-state index contributed by atoms with van der Waals surface area (Å²) in [4.78, 5) is 21.4. The van der Waals surface area contributed by atoms with Gasteiger partial charge in [0.1, 0.15) is 0 Å². The van der Waals surface area contributed by atoms with Gasteiger partial charge >= 0.3 is 0 Å². The molecule has 1 saturated carbocycles. The number of hydrogen-bond acceptors (Lipinski definition) is 6. The number of carbonyl (C=O) groups excluding carboxylic acids is 1. The average Bonchev–Trinajstić information content (AvgIpc) is 3.46. The Morgan fingerprint density at radius 1 is 1.14 bits per heavy atom. The zero-order valence-electron chi connectivity index (χ0n) is 16.2. The van der Waals surface area contributed by atoms with Crippen molar-refractivity contribution in [2.75, 3.05) is 19.6 Å². The molecule has 0 radical (unpaired) electrons. The first-order valence-electron chi connectivity index (χ1n) is 10.4. The molecule has 2 aliphatic heterocycles. The van der Waals surface area contributed by atoms with Crippen LogP contribution in [0.5, 0.6) is 0 Å². The molecule has 1 unspecified atom stereocenters. The second kappa shape index (κ2) is 7.28. The molecule has 0 bridgehead atoms. The molecule has 3 fully saturated rings. The van der Waals surface area contributed by atoms with E-state index in [0.29, 0.717) is 18.9 Å². The minimum Gasteiger partial charge on any atom is -0.424 e. The van der Waals surface area contributed by atoms with Gasteiger partial charge in [-0.3, -0.25) is 14.7 Å². The topological polar surface area (TPSA) is 75.4 Å². The lowest BCUT2D eigenvalue weighted by atomic mass is 9.73. The van der Waals surface area contributed by atoms with Crippen LogP contribution in [-0.4, -0.2) is 50.5 Å². The van der Waals surface area contributed by atoms with Crippen molar-refractivity contribution in [2.45, 2.75) is 57.5 Å². The van der Waals surface area contributed by atoms with Gasteiger partial charge in [-0.1, -0.05) is 6.07 Å². The molecule has 0 N–H and O–H groups in total. The van der Waals surface area contributed by atoms with E-state index in [9.17, 15) is 4.79 Å². The van der Waals surface area contributed by atoms with E-state index >= 15 is 0 Å². The smallest absolute Gasteiger partial charge is 0.230 e. The van der Waals surface area contributed by atoms with Crippen molar-refractivity contribution in [3.05, 3.63) is 41.9 Å². The third-order valence-electron chi connectivity index (χ3n) is 6.34. The first kappa shape index (κ1) is 17.8. The van der Waals surface area contributed by atoms with E-state index in [1.807, 2.05) is 23.1 Å². The number of nitrogens with zero attached hydrogens (tertiary/aromatic N) is 5. The normalized spacial score (nSPS) is 26.1. The predicted octanol–water partition coefficient (Wildman–Crippen LogP) is 2.75. The summed E-state index contributed by atoms with van der Waals surface area (Å²) in [7, 11) is 0. The summed E-state index contributed by atoms with van der Waals surface area (Å²) in [5.41, 5.74) is 1.12. The van der Waals surface area contributed by atoms with Gasteiger partial charge in [-0.05, 0) is 50.8 Å². The van der Waals surface area contributed by atoms with Gasteiger partial charge in [0.25, 0.3) is 0 Å². The van der Waals surface area contributed by atoms with Crippen LogP contribution < -0.4 is 0 Å². The summed E-state index contributed by atoms with van der Waals surface area (Å²) >= 11 is 0. The highest BCUT2D eigenvalue weighted by Crippen LogP contribution is 2.41. The number of amides is 1. The van der Waals surface area contributed by atoms with Gasteiger partial charge in [0.05, 0.1) is 18.8 Å². The Hall–Kier alpha value is -2.28. The molecule has 1 aliphatic carbocycles. The first-order chi connectivity index (χ1) is 13.7. The van der Waals surface area contributed by atoms with Crippen molar-refractivity contribution in [2.24, 2.45) is 5.41 Å². The minimum absolute atomic E-state index is 0.167. The molecule has 1 spiro atoms. The van der Waals surface area contributed by atoms with Crippen molar-refractivity contribution in [3.8, 4) is 0 Å². The van der Waals surface area contributed by atoms with Gasteiger partial charge in [0.2, 0.25) is 17.7 Å². The van der Waals surface area contributed by atoms with Crippen LogP contribution in [0.1, 0.15) is 61.9 Å². The van der Waals surface area contributed by atoms with E-state index in [0.717, 1.165) is 56.5 Å². The molecule has 0 aromatic carbocycles. The lowest BCUT2D eigenvalue weighted by Crippen LogP contribution is -2.53. The highest BCUT2D eigenvalue weighted by molar-refractivity contribution is 5.77. The maximum atomic E-state index is 12.5. The molecule has 2 aromatic heterocycles. The Balaban J connectivity index is 1.25. The molecule has 1 atom stereocenters. The van der Waals surface area contributed by atoms with E-state index in [4.69, 9.17) is 4.42 Å². The van der Waals surface area contributed by atoms with Crippen LogP contribution in [0.3, 0.4) is 0 Å². The molecule has 1 amide bonds. The zero-order chi connectivity index (χ0) is 19.0. The van der Waals surface area contributed by atoms with Crippen molar-refractivity contribution < 1.29 is 9.21 Å². The molecule has 148 valence electrons. The van der Waals surface area contributed by atoms with Gasteiger partial charge in [0, 0.05) is 37.0 Å². The van der Waals surface area contributed by atoms with Gasteiger partial charge in [0.15, 0.2) is 0 Å². The van der Waals surface area contributed by atoms with Crippen LogP contribution in [-0.2, 0) is 17.9 Å². The van der Waals surface area contributed by atoms with Crippen LogP contribution in [0.25, 0.3) is 0 Å². The third-order valence-corrected chi connectivity index (χ3v) is 6.34. The second-order valence-corrected chi connectivity index (χ2v) is 8.69. The SMILES string of the molecule is O=C1CCC2(CCCN(Cc3nnc(C4CC4)o3)C2)CN1Cc1ccccn1. The van der Waals surface area contributed by atoms with Gasteiger partial charge < -0.3 is 9.32 Å². The maximum absolute atomic E-state index is 12.5. The third kappa shape index (κ3) is 3.81. The van der Waals surface area contributed by atoms with E-state index in [1.165, 1.54) is 19.3 Å². The highest BCUT2D eigenvalue weighted by atomic mass is 16.4. The molecule has 5 rings (SSSR count). The van der Waals surface area contributed by atoms with Crippen LogP contribution >= 0.6 is 0 Å². The first-order valence-corrected chi connectivity index (χ1v) is 10.4. The molecular weight excluding hydrogens is 354 g/mol. The number of carbonyl (C=O) groups is 1. The average molecular weight is 381 g/mol. The highest BCUT2D eigenvalue weighted by Gasteiger charge is 2.42. The molecule has 28 heavy (non-hydrogen) atoms. The van der Waals surface area contributed by atoms with Crippen LogP contribution in [0.15, 0.2) is 28.8 Å². The number of hydrogen-bond donors (Lipinski definition) is 0. The fourth-order valence-electron chi connectivity index (χ4n) is 4.73. The van der Waals surface area contributed by atoms with E-state index in [2.05, 4.69) is 20.1 Å². The van der Waals surface area contributed by atoms with E-state index in [-0.39, 0.29) is 11.3 Å². The van der Waals surface area contributed by atoms with Crippen LogP contribution in [0.4, 0.5) is 0 Å². The fourth-order valence-corrected chi connectivity index (χ4v) is 4.73. The van der Waals surface area contributed by atoms with Gasteiger partial charge in [-0.15, -0.1) is 10.2 Å². The monoisotopic (exact) mass is 381 g/mol. The lowest BCUT2D eigenvalue weighted by Gasteiger charge is -2.48. The van der Waals surface area contributed by atoms with Crippen LogP contribution in [0.2, 0.25) is 0 Å². The Morgan fingerprint density at radius 2 is 2.07 bits per heavy atom. The second-order valence-electron chi connectivity index (χ2n) is 8.69. The lowest BCUT2D eigenvalue weighted by molar-refractivity contribution is -0.140. The molecule has 7 nitrogen and oxygen atoms in total. The Kier molecular flexibility index (Phi) is 4.62. The quantitative estimate of drug-likeness (QED) is 0.793. The largest absolute Gasteiger partial charge is 0.424 e. The van der Waals surface area contributed by atoms with Gasteiger partial charge in [-0.2, -0.15) is 0 Å². The van der Waals surface area contributed by atoms with Crippen molar-refractivity contribution in [1.82, 2.24) is 25.0 Å². The number of rotatable bonds is 5. The maximum Gasteiger partial charge on any atom is 0.230 e. The summed E-state index contributed by atoms with van der Waals surface area (Å²) in [5, 5.41) is 8.47. The Bertz CT molecular complexity index is 834. The van der Waals surface area contributed by atoms with E-state index in [1.54, 1.807) is 6.20 Å². The number of likely N-dealkylation sites (tertiary alicyclic amines) is 2. The standard InChI is InChI=1S/C21H27N5O2/c27-19-7-9-21(15-26(19)12-17-4-1-2-10-22-17)8-3-11-25(14-21)13-18-23-24-20(28-18)16-5-6-16/h1-2,4,10,16H,3,5-9,11-15H2. The number of piperidine rings is 2. The predicted molar refractivity (Wildman–Crippen MR) is 102 cm³/mol. The summed E-state index contributed by atoms with van der Waals surface area (Å²) < 4.78 is 5.87. The van der Waals surface area contributed by atoms with Crippen molar-refractivity contribution in [3.63, 3.8) is 0 Å². The molecule has 7 heteroatoms. The fraction of sp³-hybridized carbons (Fsp3) is 0.619. The van der Waals surface area contributed by atoms with Crippen molar-refractivity contribution >= 4 is 5.91 Å². The van der Waals surface area contributed by atoms with Crippen LogP contribution in [0, 0.1) is 5.41 Å². The summed E-state index contributed by atoms with van der Waals surface area (Å²) in [5.74, 6) is 2.29. The molecule has 2 aromatic rings. The Labute approximate surface area is 165 Å². The molecule has 4 heterocycles. The van der Waals surface area contributed by atoms with Crippen molar-refractivity contribution in [1.29, 1.82) is 0 Å². The molecular formula is C21H27N5O2. The van der Waals surface area contributed by atoms with Gasteiger partial charge in [-0.25, -0.2) is 0 Å². The minimum atomic E-state index is 0.167.